The van der Waals surface area contributed by atoms with Crippen molar-refractivity contribution in [3.05, 3.63) is 35.9 Å². The summed E-state index contributed by atoms with van der Waals surface area (Å²) in [5, 5.41) is 13.7. The van der Waals surface area contributed by atoms with Crippen molar-refractivity contribution in [2.75, 3.05) is 13.2 Å². The Bertz CT molecular complexity index is 457. The Morgan fingerprint density at radius 3 is 2.32 bits per heavy atom. The summed E-state index contributed by atoms with van der Waals surface area (Å²) in [5.74, 6) is 0. The average molecular weight is 366 g/mol. The predicted octanol–water partition coefficient (Wildman–Crippen LogP) is 5.11. The molecule has 0 aromatic heterocycles. The van der Waals surface area contributed by atoms with Gasteiger partial charge in [0.05, 0.1) is 6.10 Å². The zero-order valence-corrected chi connectivity index (χ0v) is 18.0. The Hall–Kier alpha value is -0.683. The molecule has 2 N–H and O–H groups in total. The second kappa shape index (κ2) is 11.1. The molecule has 0 heterocycles. The van der Waals surface area contributed by atoms with Crippen LogP contribution >= 0.6 is 0 Å². The van der Waals surface area contributed by atoms with Crippen LogP contribution in [-0.4, -0.2) is 32.7 Å². The van der Waals surface area contributed by atoms with Crippen LogP contribution in [0.15, 0.2) is 30.3 Å². The van der Waals surface area contributed by atoms with E-state index in [1.807, 2.05) is 18.2 Å². The van der Waals surface area contributed by atoms with Crippen LogP contribution in [0.25, 0.3) is 0 Å². The average Bonchev–Trinajstić information content (AvgIpc) is 2.54. The smallest absolute Gasteiger partial charge is 0.191 e. The molecule has 0 fully saturated rings. The number of rotatable bonds is 12. The lowest BCUT2D eigenvalue weighted by molar-refractivity contribution is 0.157. The molecule has 4 heteroatoms. The van der Waals surface area contributed by atoms with Gasteiger partial charge in [-0.2, -0.15) is 0 Å². The van der Waals surface area contributed by atoms with Crippen molar-refractivity contribution < 1.29 is 9.53 Å². The van der Waals surface area contributed by atoms with E-state index in [-0.39, 0.29) is 6.10 Å². The maximum atomic E-state index is 10.0. The predicted molar refractivity (Wildman–Crippen MR) is 110 cm³/mol. The third-order valence-electron chi connectivity index (χ3n) is 5.25. The molecule has 1 rings (SSSR count). The van der Waals surface area contributed by atoms with E-state index >= 15 is 0 Å². The molecule has 0 radical (unpaired) electrons. The number of aliphatic hydroxyl groups excluding tert-OH is 1. The van der Waals surface area contributed by atoms with Crippen molar-refractivity contribution in [2.45, 2.75) is 83.7 Å². The SMILES string of the molecule is CC(C)(C)[Si](C)(C)OCCCCCCC(O)CNCc1ccccc1. The van der Waals surface area contributed by atoms with Gasteiger partial charge in [-0.05, 0) is 36.5 Å². The minimum Gasteiger partial charge on any atom is -0.417 e. The van der Waals surface area contributed by atoms with Gasteiger partial charge in [0.2, 0.25) is 0 Å². The molecule has 1 unspecified atom stereocenters. The van der Waals surface area contributed by atoms with Gasteiger partial charge in [0.1, 0.15) is 0 Å². The number of unbranched alkanes of at least 4 members (excludes halogenated alkanes) is 3. The van der Waals surface area contributed by atoms with E-state index in [4.69, 9.17) is 4.43 Å². The fourth-order valence-electron chi connectivity index (χ4n) is 2.46. The Morgan fingerprint density at radius 2 is 1.68 bits per heavy atom. The van der Waals surface area contributed by atoms with Gasteiger partial charge in [0.15, 0.2) is 8.32 Å². The second-order valence-electron chi connectivity index (χ2n) is 8.58. The molecule has 0 aliphatic rings. The first kappa shape index (κ1) is 22.4. The first-order valence-corrected chi connectivity index (χ1v) is 12.7. The summed E-state index contributed by atoms with van der Waals surface area (Å²) in [5.41, 5.74) is 1.26. The van der Waals surface area contributed by atoms with Crippen LogP contribution in [-0.2, 0) is 11.0 Å². The molecule has 0 saturated heterocycles. The summed E-state index contributed by atoms with van der Waals surface area (Å²) in [4.78, 5) is 0. The molecular weight excluding hydrogens is 326 g/mol. The number of hydrogen-bond acceptors (Lipinski definition) is 3. The first-order chi connectivity index (χ1) is 11.7. The Kier molecular flexibility index (Phi) is 9.94. The molecule has 0 spiro atoms. The third kappa shape index (κ3) is 9.55. The summed E-state index contributed by atoms with van der Waals surface area (Å²) in [7, 11) is -1.58. The molecule has 0 saturated carbocycles. The number of nitrogens with one attached hydrogen (secondary N) is 1. The maximum absolute atomic E-state index is 10.0. The molecular formula is C21H39NO2Si. The van der Waals surface area contributed by atoms with Crippen molar-refractivity contribution >= 4 is 8.32 Å². The van der Waals surface area contributed by atoms with E-state index in [2.05, 4.69) is 51.3 Å². The van der Waals surface area contributed by atoms with Crippen LogP contribution in [0, 0.1) is 0 Å². The van der Waals surface area contributed by atoms with Gasteiger partial charge in [-0.15, -0.1) is 0 Å². The topological polar surface area (TPSA) is 41.5 Å². The van der Waals surface area contributed by atoms with Gasteiger partial charge in [-0.3, -0.25) is 0 Å². The molecule has 25 heavy (non-hydrogen) atoms. The fraction of sp³-hybridized carbons (Fsp3) is 0.714. The fourth-order valence-corrected chi connectivity index (χ4v) is 3.55. The highest BCUT2D eigenvalue weighted by atomic mass is 28.4. The first-order valence-electron chi connectivity index (χ1n) is 9.79. The Labute approximate surface area is 156 Å². The lowest BCUT2D eigenvalue weighted by atomic mass is 10.1. The summed E-state index contributed by atoms with van der Waals surface area (Å²) in [6.07, 6.45) is 5.23. The normalized spacial score (nSPS) is 13.8. The lowest BCUT2D eigenvalue weighted by Gasteiger charge is -2.36. The molecule has 1 aromatic rings. The molecule has 1 aromatic carbocycles. The van der Waals surface area contributed by atoms with Gasteiger partial charge in [-0.1, -0.05) is 70.4 Å². The van der Waals surface area contributed by atoms with E-state index in [0.717, 1.165) is 32.4 Å². The highest BCUT2D eigenvalue weighted by molar-refractivity contribution is 6.74. The summed E-state index contributed by atoms with van der Waals surface area (Å²) >= 11 is 0. The van der Waals surface area contributed by atoms with Crippen LogP contribution in [0.5, 0.6) is 0 Å². The van der Waals surface area contributed by atoms with Gasteiger partial charge in [-0.25, -0.2) is 0 Å². The zero-order chi connectivity index (χ0) is 18.8. The maximum Gasteiger partial charge on any atom is 0.191 e. The lowest BCUT2D eigenvalue weighted by Crippen LogP contribution is -2.40. The Morgan fingerprint density at radius 1 is 1.04 bits per heavy atom. The minimum atomic E-state index is -1.58. The van der Waals surface area contributed by atoms with Crippen LogP contribution in [0.1, 0.15) is 58.4 Å². The van der Waals surface area contributed by atoms with Crippen molar-refractivity contribution in [3.63, 3.8) is 0 Å². The monoisotopic (exact) mass is 365 g/mol. The van der Waals surface area contributed by atoms with Gasteiger partial charge >= 0.3 is 0 Å². The van der Waals surface area contributed by atoms with E-state index in [0.29, 0.717) is 11.6 Å². The number of benzene rings is 1. The quantitative estimate of drug-likeness (QED) is 0.399. The highest BCUT2D eigenvalue weighted by Gasteiger charge is 2.36. The minimum absolute atomic E-state index is 0.243. The van der Waals surface area contributed by atoms with Crippen LogP contribution in [0.2, 0.25) is 18.1 Å². The van der Waals surface area contributed by atoms with E-state index in [1.165, 1.54) is 18.4 Å². The molecule has 144 valence electrons. The largest absolute Gasteiger partial charge is 0.417 e. The van der Waals surface area contributed by atoms with Gasteiger partial charge in [0.25, 0.3) is 0 Å². The zero-order valence-electron chi connectivity index (χ0n) is 17.0. The molecule has 0 amide bonds. The van der Waals surface area contributed by atoms with Crippen molar-refractivity contribution in [3.8, 4) is 0 Å². The number of hydrogen-bond donors (Lipinski definition) is 2. The van der Waals surface area contributed by atoms with Crippen LogP contribution in [0.3, 0.4) is 0 Å². The highest BCUT2D eigenvalue weighted by Crippen LogP contribution is 2.36. The van der Waals surface area contributed by atoms with Gasteiger partial charge in [0, 0.05) is 19.7 Å². The molecule has 0 aliphatic heterocycles. The van der Waals surface area contributed by atoms with Gasteiger partial charge < -0.3 is 14.8 Å². The molecule has 0 aliphatic carbocycles. The summed E-state index contributed by atoms with van der Waals surface area (Å²) in [6.45, 7) is 13.9. The van der Waals surface area contributed by atoms with E-state index < -0.39 is 8.32 Å². The second-order valence-corrected chi connectivity index (χ2v) is 13.4. The summed E-state index contributed by atoms with van der Waals surface area (Å²) < 4.78 is 6.20. The molecule has 0 bridgehead atoms. The van der Waals surface area contributed by atoms with E-state index in [9.17, 15) is 5.11 Å². The van der Waals surface area contributed by atoms with Crippen LogP contribution in [0.4, 0.5) is 0 Å². The summed E-state index contributed by atoms with van der Waals surface area (Å²) in [6, 6.07) is 10.3. The van der Waals surface area contributed by atoms with Crippen LogP contribution < -0.4 is 5.32 Å². The number of aliphatic hydroxyl groups is 1. The van der Waals surface area contributed by atoms with Crippen molar-refractivity contribution in [2.24, 2.45) is 0 Å². The van der Waals surface area contributed by atoms with Crippen molar-refractivity contribution in [1.82, 2.24) is 5.32 Å². The van der Waals surface area contributed by atoms with E-state index in [1.54, 1.807) is 0 Å². The Balaban J connectivity index is 1.99. The van der Waals surface area contributed by atoms with Crippen molar-refractivity contribution in [1.29, 1.82) is 0 Å². The molecule has 3 nitrogen and oxygen atoms in total. The standard InChI is InChI=1S/C21H39NO2Si/c1-21(2,3)25(4,5)24-16-12-7-6-11-15-20(23)18-22-17-19-13-9-8-10-14-19/h8-10,13-14,20,22-23H,6-7,11-12,15-18H2,1-5H3. The molecule has 1 atom stereocenters. The third-order valence-corrected chi connectivity index (χ3v) is 9.79.